The third-order valence-corrected chi connectivity index (χ3v) is 7.10. The number of nitrogens with one attached hydrogen (secondary N) is 1. The van der Waals surface area contributed by atoms with Gasteiger partial charge in [0, 0.05) is 12.5 Å². The first-order valence-corrected chi connectivity index (χ1v) is 14.3. The summed E-state index contributed by atoms with van der Waals surface area (Å²) in [6.45, 7) is 4.97. The van der Waals surface area contributed by atoms with Gasteiger partial charge in [-0.1, -0.05) is 29.8 Å². The van der Waals surface area contributed by atoms with Gasteiger partial charge in [-0.3, -0.25) is 4.79 Å². The number of carbonyl (C=O) groups excluding carboxylic acids is 2. The molecule has 14 nitrogen and oxygen atoms in total. The van der Waals surface area contributed by atoms with E-state index in [1.165, 1.54) is 12.1 Å². The van der Waals surface area contributed by atoms with Crippen LogP contribution in [-0.2, 0) is 35.3 Å². The van der Waals surface area contributed by atoms with Crippen LogP contribution in [-0.4, -0.2) is 66.2 Å². The maximum Gasteiger partial charge on any atom is 0.435 e. The van der Waals surface area contributed by atoms with Gasteiger partial charge in [-0.25, -0.2) is 22.6 Å². The predicted molar refractivity (Wildman–Crippen MR) is 146 cm³/mol. The highest BCUT2D eigenvalue weighted by atomic mass is 32.2. The Morgan fingerprint density at radius 1 is 1.11 bits per heavy atom. The van der Waals surface area contributed by atoms with Crippen molar-refractivity contribution in [2.24, 2.45) is 5.28 Å². The van der Waals surface area contributed by atoms with Crippen molar-refractivity contribution in [1.82, 2.24) is 19.5 Å². The maximum absolute atomic E-state index is 13.5. The molecule has 1 aromatic heterocycles. The van der Waals surface area contributed by atoms with Crippen LogP contribution in [0, 0.1) is 12.1 Å². The monoisotopic (exact) mass is 642 g/mol. The molecule has 0 unspecified atom stereocenters. The number of aromatic nitrogens is 2. The summed E-state index contributed by atoms with van der Waals surface area (Å²) in [4.78, 5) is 27.2. The van der Waals surface area contributed by atoms with Crippen molar-refractivity contribution in [3.8, 4) is 16.9 Å². The van der Waals surface area contributed by atoms with E-state index >= 15 is 0 Å². The molecular formula is C26H29F3N6O8S. The van der Waals surface area contributed by atoms with Gasteiger partial charge in [-0.05, 0) is 51.1 Å². The highest BCUT2D eigenvalue weighted by Gasteiger charge is 2.35. The molecule has 1 heterocycles. The second-order valence-corrected chi connectivity index (χ2v) is 11.1. The summed E-state index contributed by atoms with van der Waals surface area (Å²) in [5, 5.41) is 20.1. The Kier molecular flexibility index (Phi) is 10.8. The first kappa shape index (κ1) is 33.6. The zero-order chi connectivity index (χ0) is 32.7. The number of carbonyl (C=O) groups is 2. The van der Waals surface area contributed by atoms with Crippen LogP contribution in [0.2, 0.25) is 0 Å². The molecule has 0 radical (unpaired) electrons. The Labute approximate surface area is 250 Å². The van der Waals surface area contributed by atoms with Gasteiger partial charge in [0.15, 0.2) is 5.69 Å². The Morgan fingerprint density at radius 2 is 1.75 bits per heavy atom. The number of benzene rings is 2. The van der Waals surface area contributed by atoms with E-state index in [1.54, 1.807) is 42.8 Å². The molecule has 0 saturated carbocycles. The second-order valence-electron chi connectivity index (χ2n) is 9.40. The molecule has 3 aromatic rings. The number of ether oxygens (including phenoxy) is 2. The molecule has 0 spiro atoms. The fraction of sp³-hybridized carbons (Fsp3) is 0.346. The third-order valence-electron chi connectivity index (χ3n) is 5.77. The molecular weight excluding hydrogens is 613 g/mol. The molecule has 1 N–H and O–H groups in total. The van der Waals surface area contributed by atoms with Gasteiger partial charge >= 0.3 is 18.2 Å². The lowest BCUT2D eigenvalue weighted by atomic mass is 10.1. The number of hydrazine groups is 1. The molecule has 0 atom stereocenters. The first-order valence-electron chi connectivity index (χ1n) is 12.8. The predicted octanol–water partition coefficient (Wildman–Crippen LogP) is 4.32. The number of sulfonamides is 1. The minimum Gasteiger partial charge on any atom is -0.569 e. The summed E-state index contributed by atoms with van der Waals surface area (Å²) < 4.78 is 78.0. The molecule has 2 aromatic carbocycles. The fourth-order valence-corrected chi connectivity index (χ4v) is 4.50. The fourth-order valence-electron chi connectivity index (χ4n) is 3.61. The van der Waals surface area contributed by atoms with Crippen LogP contribution in [0.4, 0.5) is 18.0 Å². The molecule has 18 heteroatoms. The van der Waals surface area contributed by atoms with Gasteiger partial charge in [0.05, 0.1) is 27.3 Å². The van der Waals surface area contributed by atoms with E-state index in [4.69, 9.17) is 4.74 Å². The van der Waals surface area contributed by atoms with E-state index in [0.717, 1.165) is 40.4 Å². The normalized spacial score (nSPS) is 12.1. The number of esters is 1. The lowest BCUT2D eigenvalue weighted by Gasteiger charge is -2.21. The first-order chi connectivity index (χ1) is 20.6. The smallest absolute Gasteiger partial charge is 0.435 e. The molecule has 1 amide bonds. The lowest BCUT2D eigenvalue weighted by Crippen LogP contribution is -2.40. The summed E-state index contributed by atoms with van der Waals surface area (Å²) in [6.07, 6.45) is -6.06. The molecule has 0 aliphatic rings. The Hall–Kier alpha value is -4.87. The van der Waals surface area contributed by atoms with Crippen molar-refractivity contribution < 1.29 is 50.5 Å². The van der Waals surface area contributed by atoms with E-state index in [0.29, 0.717) is 5.56 Å². The highest BCUT2D eigenvalue weighted by Crippen LogP contribution is 2.33. The van der Waals surface area contributed by atoms with Crippen LogP contribution in [0.1, 0.15) is 32.0 Å². The largest absolute Gasteiger partial charge is 0.569 e. The zero-order valence-electron chi connectivity index (χ0n) is 23.9. The van der Waals surface area contributed by atoms with Crippen molar-refractivity contribution in [3.63, 3.8) is 0 Å². The maximum atomic E-state index is 13.5. The van der Waals surface area contributed by atoms with E-state index < -0.39 is 53.4 Å². The summed E-state index contributed by atoms with van der Waals surface area (Å²) in [7, 11) is -4.45. The molecule has 0 bridgehead atoms. The highest BCUT2D eigenvalue weighted by molar-refractivity contribution is 7.90. The SMILES string of the molecule is CC(=O)OCO/N=[N+](\[O-])N(CCOC(=O)NS(=O)(=O)c1ccc(-n2nc(C(F)(F)F)cc2-c2ccc(C)cc2)cc1)C(C)C. The number of hydrogen-bond donors (Lipinski definition) is 1. The summed E-state index contributed by atoms with van der Waals surface area (Å²) >= 11 is 0. The number of nitrogens with zero attached hydrogens (tertiary/aromatic N) is 5. The van der Waals surface area contributed by atoms with Gasteiger partial charge in [-0.15, -0.1) is 5.01 Å². The number of amides is 1. The van der Waals surface area contributed by atoms with Crippen LogP contribution >= 0.6 is 0 Å². The molecule has 0 aliphatic carbocycles. The van der Waals surface area contributed by atoms with Crippen molar-refractivity contribution in [3.05, 3.63) is 71.1 Å². The molecule has 0 saturated heterocycles. The number of hydrogen-bond acceptors (Lipinski definition) is 10. The minimum absolute atomic E-state index is 0.0508. The van der Waals surface area contributed by atoms with Crippen molar-refractivity contribution in [1.29, 1.82) is 0 Å². The number of rotatable bonds is 12. The topological polar surface area (TPSA) is 167 Å². The molecule has 44 heavy (non-hydrogen) atoms. The molecule has 238 valence electrons. The van der Waals surface area contributed by atoms with E-state index in [2.05, 4.69) is 20.0 Å². The zero-order valence-corrected chi connectivity index (χ0v) is 24.8. The van der Waals surface area contributed by atoms with Crippen LogP contribution < -0.4 is 4.72 Å². The average molecular weight is 643 g/mol. The molecule has 0 fully saturated rings. The van der Waals surface area contributed by atoms with Crippen molar-refractivity contribution in [2.75, 3.05) is 19.9 Å². The lowest BCUT2D eigenvalue weighted by molar-refractivity contribution is -0.718. The Bertz CT molecular complexity index is 1590. The minimum atomic E-state index is -4.72. The van der Waals surface area contributed by atoms with Crippen molar-refractivity contribution in [2.45, 2.75) is 44.8 Å². The van der Waals surface area contributed by atoms with Gasteiger partial charge in [-0.2, -0.15) is 18.3 Å². The average Bonchev–Trinajstić information content (AvgIpc) is 3.40. The van der Waals surface area contributed by atoms with Gasteiger partial charge in [0.25, 0.3) is 16.8 Å². The summed E-state index contributed by atoms with van der Waals surface area (Å²) in [5.41, 5.74) is 0.494. The third kappa shape index (κ3) is 9.06. The van der Waals surface area contributed by atoms with Crippen LogP contribution in [0.5, 0.6) is 0 Å². The van der Waals surface area contributed by atoms with Crippen LogP contribution in [0.15, 0.2) is 64.8 Å². The van der Waals surface area contributed by atoms with E-state index in [9.17, 15) is 36.4 Å². The number of alkyl halides is 3. The number of aryl methyl sites for hydroxylation is 1. The quantitative estimate of drug-likeness (QED) is 0.0750. The summed E-state index contributed by atoms with van der Waals surface area (Å²) in [5.74, 6) is -0.645. The standard InChI is InChI=1S/C26H29F3N6O8S/c1-17(2)33(35(38)32-43-16-42-19(4)36)13-14-41-25(37)31-44(39,40)22-11-9-21(10-12-22)34-23(15-24(30-34)26(27,28)29)20-7-5-18(3)6-8-20/h5-12,15,17H,13-14,16H2,1-4H3,(H,31,37)/b35-32-. The van der Waals surface area contributed by atoms with Crippen LogP contribution in [0.25, 0.3) is 16.9 Å². The Balaban J connectivity index is 1.68. The van der Waals surface area contributed by atoms with Gasteiger partial charge < -0.3 is 19.5 Å². The van der Waals surface area contributed by atoms with E-state index in [-0.39, 0.29) is 27.8 Å². The number of halogens is 3. The second kappa shape index (κ2) is 14.1. The van der Waals surface area contributed by atoms with E-state index in [1.807, 2.05) is 6.92 Å². The van der Waals surface area contributed by atoms with Crippen molar-refractivity contribution >= 4 is 22.1 Å². The van der Waals surface area contributed by atoms with Crippen LogP contribution in [0.3, 0.4) is 0 Å². The Morgan fingerprint density at radius 3 is 2.32 bits per heavy atom. The van der Waals surface area contributed by atoms with Gasteiger partial charge in [0.2, 0.25) is 5.28 Å². The molecule has 0 aliphatic heterocycles. The van der Waals surface area contributed by atoms with Gasteiger partial charge in [0.1, 0.15) is 13.2 Å². The summed E-state index contributed by atoms with van der Waals surface area (Å²) in [6, 6.07) is 11.8. The molecule has 3 rings (SSSR count).